The van der Waals surface area contributed by atoms with Crippen LogP contribution in [0.4, 0.5) is 0 Å². The maximum absolute atomic E-state index is 11.1. The number of benzene rings is 1. The lowest BCUT2D eigenvalue weighted by molar-refractivity contribution is -0.138. The second-order valence-electron chi connectivity index (χ2n) is 5.54. The quantitative estimate of drug-likeness (QED) is 0.627. The molecule has 0 fully saturated rings. The van der Waals surface area contributed by atoms with E-state index in [1.54, 1.807) is 29.1 Å². The first-order valence-corrected chi connectivity index (χ1v) is 7.30. The van der Waals surface area contributed by atoms with Gasteiger partial charge in [-0.2, -0.15) is 0 Å². The molecule has 0 bridgehead atoms. The van der Waals surface area contributed by atoms with Crippen LogP contribution in [0.2, 0.25) is 0 Å². The number of aromatic hydroxyl groups is 2. The van der Waals surface area contributed by atoms with E-state index in [0.717, 1.165) is 0 Å². The molecular formula is C17H14N2O6. The van der Waals surface area contributed by atoms with Crippen LogP contribution >= 0.6 is 0 Å². The van der Waals surface area contributed by atoms with Crippen molar-refractivity contribution in [2.75, 3.05) is 0 Å². The minimum atomic E-state index is -1.29. The van der Waals surface area contributed by atoms with Crippen LogP contribution in [-0.2, 0) is 9.59 Å². The van der Waals surface area contributed by atoms with E-state index < -0.39 is 18.0 Å². The van der Waals surface area contributed by atoms with Gasteiger partial charge in [0.2, 0.25) is 0 Å². The number of hydrogen-bond donors (Lipinski definition) is 4. The van der Waals surface area contributed by atoms with Gasteiger partial charge in [-0.15, -0.1) is 0 Å². The summed E-state index contributed by atoms with van der Waals surface area (Å²) in [7, 11) is 0. The molecule has 1 atom stereocenters. The van der Waals surface area contributed by atoms with Gasteiger partial charge in [0, 0.05) is 30.3 Å². The van der Waals surface area contributed by atoms with E-state index in [2.05, 4.69) is 4.99 Å². The monoisotopic (exact) mass is 342 g/mol. The highest BCUT2D eigenvalue weighted by molar-refractivity contribution is 6.41. The van der Waals surface area contributed by atoms with Crippen molar-refractivity contribution in [3.63, 3.8) is 0 Å². The number of phenols is 2. The SMILES string of the molecule is O=C(O)C1=N[C@H](C(=O)O)CC(C=Cn2ccc3cc(O)c(O)cc32)=C1. The van der Waals surface area contributed by atoms with E-state index in [9.17, 15) is 19.8 Å². The molecule has 2 aromatic rings. The summed E-state index contributed by atoms with van der Waals surface area (Å²) in [4.78, 5) is 25.9. The Morgan fingerprint density at radius 2 is 1.92 bits per heavy atom. The number of aliphatic imine (C=N–C) groups is 1. The smallest absolute Gasteiger partial charge is 0.354 e. The number of nitrogens with zero attached hydrogens (tertiary/aromatic N) is 2. The maximum Gasteiger partial charge on any atom is 0.354 e. The first-order chi connectivity index (χ1) is 11.8. The van der Waals surface area contributed by atoms with Crippen molar-refractivity contribution in [1.82, 2.24) is 4.57 Å². The van der Waals surface area contributed by atoms with Crippen molar-refractivity contribution in [3.8, 4) is 11.5 Å². The molecule has 0 radical (unpaired) electrons. The molecule has 0 spiro atoms. The molecule has 0 amide bonds. The van der Waals surface area contributed by atoms with Crippen LogP contribution < -0.4 is 0 Å². The summed E-state index contributed by atoms with van der Waals surface area (Å²) in [6.07, 6.45) is 6.32. The Bertz CT molecular complexity index is 967. The lowest BCUT2D eigenvalue weighted by atomic mass is 10.0. The highest BCUT2D eigenvalue weighted by Crippen LogP contribution is 2.31. The Kier molecular flexibility index (Phi) is 4.02. The number of carboxylic acids is 2. The highest BCUT2D eigenvalue weighted by atomic mass is 16.4. The average Bonchev–Trinajstić information content (AvgIpc) is 2.95. The van der Waals surface area contributed by atoms with E-state index in [4.69, 9.17) is 10.2 Å². The number of phenolic OH excluding ortho intramolecular Hbond substituents is 2. The molecule has 8 nitrogen and oxygen atoms in total. The van der Waals surface area contributed by atoms with Gasteiger partial charge in [0.15, 0.2) is 17.5 Å². The zero-order valence-corrected chi connectivity index (χ0v) is 12.8. The number of aliphatic carboxylic acids is 2. The van der Waals surface area contributed by atoms with Crippen molar-refractivity contribution < 1.29 is 30.0 Å². The number of carbonyl (C=O) groups is 2. The minimum Gasteiger partial charge on any atom is -0.504 e. The van der Waals surface area contributed by atoms with Crippen LogP contribution in [0.3, 0.4) is 0 Å². The molecule has 2 heterocycles. The summed E-state index contributed by atoms with van der Waals surface area (Å²) in [5, 5.41) is 38.0. The maximum atomic E-state index is 11.1. The summed E-state index contributed by atoms with van der Waals surface area (Å²) < 4.78 is 1.66. The summed E-state index contributed by atoms with van der Waals surface area (Å²) in [6, 6.07) is 3.41. The molecule has 1 aliphatic rings. The van der Waals surface area contributed by atoms with Crippen LogP contribution in [0, 0.1) is 0 Å². The number of carboxylic acid groups (broad SMARTS) is 2. The van der Waals surface area contributed by atoms with Crippen molar-refractivity contribution in [3.05, 3.63) is 42.1 Å². The van der Waals surface area contributed by atoms with Crippen molar-refractivity contribution in [2.45, 2.75) is 12.5 Å². The van der Waals surface area contributed by atoms with E-state index in [1.807, 2.05) is 0 Å². The van der Waals surface area contributed by atoms with Crippen LogP contribution in [0.1, 0.15) is 6.42 Å². The predicted octanol–water partition coefficient (Wildman–Crippen LogP) is 1.83. The van der Waals surface area contributed by atoms with E-state index in [0.29, 0.717) is 16.5 Å². The molecule has 1 aliphatic heterocycles. The molecule has 25 heavy (non-hydrogen) atoms. The number of fused-ring (bicyclic) bond motifs is 1. The molecule has 8 heteroatoms. The first kappa shape index (κ1) is 16.3. The number of allylic oxidation sites excluding steroid dienone is 1. The van der Waals surface area contributed by atoms with Crippen LogP contribution in [0.15, 0.2) is 47.1 Å². The van der Waals surface area contributed by atoms with E-state index in [1.165, 1.54) is 18.2 Å². The standard InChI is InChI=1S/C17H14N2O6/c20-14-7-10-2-4-19(13(10)8-15(14)21)3-1-9-5-11(16(22)23)18-12(6-9)17(24)25/h1-5,7-8,12,20-21H,6H2,(H,22,23)(H,24,25)/t12-/m0/s1. The molecule has 3 rings (SSSR count). The minimum absolute atomic E-state index is 0.0772. The van der Waals surface area contributed by atoms with Crippen molar-refractivity contribution in [1.29, 1.82) is 0 Å². The van der Waals surface area contributed by atoms with Crippen molar-refractivity contribution in [2.24, 2.45) is 4.99 Å². The average molecular weight is 342 g/mol. The van der Waals surface area contributed by atoms with Gasteiger partial charge in [-0.1, -0.05) is 0 Å². The third-order valence-corrected chi connectivity index (χ3v) is 3.82. The molecule has 1 aromatic carbocycles. The number of aromatic nitrogens is 1. The van der Waals surface area contributed by atoms with E-state index in [-0.39, 0.29) is 23.6 Å². The molecule has 0 saturated heterocycles. The molecule has 128 valence electrons. The van der Waals surface area contributed by atoms with Crippen LogP contribution in [0.25, 0.3) is 17.1 Å². The Morgan fingerprint density at radius 3 is 2.60 bits per heavy atom. The summed E-state index contributed by atoms with van der Waals surface area (Å²) >= 11 is 0. The van der Waals surface area contributed by atoms with Gasteiger partial charge >= 0.3 is 11.9 Å². The second kappa shape index (κ2) is 6.16. The number of hydrogen-bond acceptors (Lipinski definition) is 5. The van der Waals surface area contributed by atoms with Gasteiger partial charge < -0.3 is 25.0 Å². The van der Waals surface area contributed by atoms with Gasteiger partial charge in [0.1, 0.15) is 5.71 Å². The van der Waals surface area contributed by atoms with Gasteiger partial charge in [-0.3, -0.25) is 4.99 Å². The molecule has 0 saturated carbocycles. The Balaban J connectivity index is 1.94. The topological polar surface area (TPSA) is 132 Å². The molecule has 0 aliphatic carbocycles. The van der Waals surface area contributed by atoms with Gasteiger partial charge in [-0.25, -0.2) is 9.59 Å². The second-order valence-corrected chi connectivity index (χ2v) is 5.54. The lowest BCUT2D eigenvalue weighted by Crippen LogP contribution is -2.26. The van der Waals surface area contributed by atoms with Crippen molar-refractivity contribution >= 4 is 34.8 Å². The summed E-state index contributed by atoms with van der Waals surface area (Å²) in [5.74, 6) is -2.96. The lowest BCUT2D eigenvalue weighted by Gasteiger charge is -2.14. The van der Waals surface area contributed by atoms with Gasteiger partial charge in [-0.05, 0) is 29.9 Å². The fourth-order valence-corrected chi connectivity index (χ4v) is 2.57. The van der Waals surface area contributed by atoms with E-state index >= 15 is 0 Å². The Labute approximate surface area is 141 Å². The highest BCUT2D eigenvalue weighted by Gasteiger charge is 2.24. The molecule has 4 N–H and O–H groups in total. The Morgan fingerprint density at radius 1 is 1.20 bits per heavy atom. The first-order valence-electron chi connectivity index (χ1n) is 7.30. The van der Waals surface area contributed by atoms with Gasteiger partial charge in [0.05, 0.1) is 5.52 Å². The normalized spacial score (nSPS) is 17.5. The zero-order valence-electron chi connectivity index (χ0n) is 12.8. The third-order valence-electron chi connectivity index (χ3n) is 3.82. The van der Waals surface area contributed by atoms with Gasteiger partial charge in [0.25, 0.3) is 0 Å². The summed E-state index contributed by atoms with van der Waals surface area (Å²) in [6.45, 7) is 0. The number of rotatable bonds is 4. The zero-order chi connectivity index (χ0) is 18.1. The summed E-state index contributed by atoms with van der Waals surface area (Å²) in [5.41, 5.74) is 0.827. The number of dihydropyridines is 1. The third kappa shape index (κ3) is 3.23. The fraction of sp³-hybridized carbons (Fsp3) is 0.118. The predicted molar refractivity (Wildman–Crippen MR) is 89.8 cm³/mol. The largest absolute Gasteiger partial charge is 0.504 e. The Hall–Kier alpha value is -3.55. The fourth-order valence-electron chi connectivity index (χ4n) is 2.57. The molecule has 1 aromatic heterocycles. The molecular weight excluding hydrogens is 328 g/mol. The van der Waals surface area contributed by atoms with Crippen LogP contribution in [0.5, 0.6) is 11.5 Å². The van der Waals surface area contributed by atoms with Crippen LogP contribution in [-0.4, -0.2) is 48.7 Å². The molecule has 0 unspecified atom stereocenters.